The van der Waals surface area contributed by atoms with Gasteiger partial charge >= 0.3 is 7.12 Å². The topological polar surface area (TPSA) is 128 Å². The Morgan fingerprint density at radius 1 is 0.844 bits per heavy atom. The number of hydrogen-bond acceptors (Lipinski definition) is 6. The maximum Gasteiger partial charge on any atom is 0.488 e. The minimum atomic E-state index is -1.47. The number of benzene rings is 2. The van der Waals surface area contributed by atoms with Crippen molar-refractivity contribution >= 4 is 62.5 Å². The van der Waals surface area contributed by atoms with E-state index >= 15 is 0 Å². The maximum atomic E-state index is 9.16. The molecule has 4 rings (SSSR count). The van der Waals surface area contributed by atoms with Crippen molar-refractivity contribution in [2.24, 2.45) is 11.8 Å². The summed E-state index contributed by atoms with van der Waals surface area (Å²) in [6.45, 7) is 10.2. The highest BCUT2D eigenvalue weighted by Crippen LogP contribution is 2.23. The van der Waals surface area contributed by atoms with Gasteiger partial charge in [0.2, 0.25) is 11.9 Å². The fourth-order valence-corrected chi connectivity index (χ4v) is 3.90. The van der Waals surface area contributed by atoms with Gasteiger partial charge < -0.3 is 30.6 Å². The summed E-state index contributed by atoms with van der Waals surface area (Å²) >= 11 is 3.46. The van der Waals surface area contributed by atoms with Crippen LogP contribution in [0.25, 0.3) is 22.1 Å². The average molecular weight is 501 g/mol. The number of nitrogen functional groups attached to an aromatic ring is 2. The van der Waals surface area contributed by atoms with Crippen molar-refractivity contribution < 1.29 is 10.0 Å². The van der Waals surface area contributed by atoms with Crippen LogP contribution in [0, 0.1) is 11.8 Å². The van der Waals surface area contributed by atoms with Gasteiger partial charge in [-0.05, 0) is 47.6 Å². The first kappa shape index (κ1) is 24.1. The van der Waals surface area contributed by atoms with Crippen LogP contribution in [0.5, 0.6) is 0 Å². The fraction of sp³-hybridized carbons (Fsp3) is 0.364. The van der Waals surface area contributed by atoms with Crippen LogP contribution in [0.1, 0.15) is 27.7 Å². The Hall–Kier alpha value is -2.56. The zero-order valence-electron chi connectivity index (χ0n) is 18.8. The second-order valence-corrected chi connectivity index (χ2v) is 9.62. The van der Waals surface area contributed by atoms with Crippen molar-refractivity contribution in [2.45, 2.75) is 40.8 Å². The second-order valence-electron chi connectivity index (χ2n) is 8.70. The standard InChI is InChI=1S/C11H16BN3O2.C11H14BrN3/c1-7(2)6-15-10-5-8(12(16)17)3-4-9(10)14-11(15)13;1-7(2)6-15-10-5-8(12)3-4-9(10)14-11(15)13/h3-5,7,16-17H,6H2,1-2H3,(H2,13,14);3-5,7H,6H2,1-2H3,(H2,13,14). The zero-order chi connectivity index (χ0) is 23.6. The lowest BCUT2D eigenvalue weighted by atomic mass is 9.80. The third kappa shape index (κ3) is 5.43. The molecular weight excluding hydrogens is 471 g/mol. The smallest absolute Gasteiger partial charge is 0.423 e. The van der Waals surface area contributed by atoms with E-state index in [-0.39, 0.29) is 0 Å². The quantitative estimate of drug-likeness (QED) is 0.312. The van der Waals surface area contributed by atoms with Crippen LogP contribution in [-0.4, -0.2) is 36.3 Å². The van der Waals surface area contributed by atoms with Gasteiger partial charge in [-0.15, -0.1) is 0 Å². The number of nitrogens with zero attached hydrogens (tertiary/aromatic N) is 4. The SMILES string of the molecule is CC(C)Cn1c(N)nc2ccc(B(O)O)cc21.CC(C)Cn1c(N)nc2ccc(Br)cc21. The number of halogens is 1. The van der Waals surface area contributed by atoms with Crippen LogP contribution < -0.4 is 16.9 Å². The van der Waals surface area contributed by atoms with Gasteiger partial charge in [0.1, 0.15) is 0 Å². The molecule has 2 aromatic heterocycles. The molecule has 0 spiro atoms. The first-order valence-corrected chi connectivity index (χ1v) is 11.4. The zero-order valence-corrected chi connectivity index (χ0v) is 20.4. The highest BCUT2D eigenvalue weighted by atomic mass is 79.9. The molecule has 6 N–H and O–H groups in total. The molecule has 10 heteroatoms. The number of fused-ring (bicyclic) bond motifs is 2. The summed E-state index contributed by atoms with van der Waals surface area (Å²) in [6.07, 6.45) is 0. The summed E-state index contributed by atoms with van der Waals surface area (Å²) in [7, 11) is -1.47. The fourth-order valence-electron chi connectivity index (χ4n) is 3.55. The van der Waals surface area contributed by atoms with Crippen LogP contribution in [0.2, 0.25) is 0 Å². The molecule has 0 saturated heterocycles. The van der Waals surface area contributed by atoms with Crippen LogP contribution in [0.15, 0.2) is 40.9 Å². The van der Waals surface area contributed by atoms with Gasteiger partial charge in [0.05, 0.1) is 22.1 Å². The Labute approximate surface area is 196 Å². The van der Waals surface area contributed by atoms with Crippen LogP contribution in [0.4, 0.5) is 11.9 Å². The molecule has 0 unspecified atom stereocenters. The highest BCUT2D eigenvalue weighted by molar-refractivity contribution is 9.10. The lowest BCUT2D eigenvalue weighted by Crippen LogP contribution is -2.29. The Bertz CT molecular complexity index is 1220. The molecular formula is C22H30BBrN6O2. The Morgan fingerprint density at radius 2 is 1.31 bits per heavy atom. The molecule has 0 radical (unpaired) electrons. The number of aromatic nitrogens is 4. The molecule has 0 bridgehead atoms. The number of rotatable bonds is 5. The van der Waals surface area contributed by atoms with Crippen LogP contribution in [-0.2, 0) is 13.1 Å². The summed E-state index contributed by atoms with van der Waals surface area (Å²) in [4.78, 5) is 8.57. The van der Waals surface area contributed by atoms with Crippen LogP contribution >= 0.6 is 15.9 Å². The molecule has 0 fully saturated rings. The molecule has 4 aromatic rings. The molecule has 2 aromatic carbocycles. The lowest BCUT2D eigenvalue weighted by molar-refractivity contribution is 0.426. The van der Waals surface area contributed by atoms with Gasteiger partial charge in [-0.25, -0.2) is 9.97 Å². The van der Waals surface area contributed by atoms with E-state index in [1.54, 1.807) is 18.2 Å². The minimum absolute atomic E-state index is 0.442. The molecule has 8 nitrogen and oxygen atoms in total. The van der Waals surface area contributed by atoms with Gasteiger partial charge in [0.25, 0.3) is 0 Å². The number of imidazole rings is 2. The Kier molecular flexibility index (Phi) is 7.48. The van der Waals surface area contributed by atoms with Gasteiger partial charge in [-0.1, -0.05) is 49.7 Å². The summed E-state index contributed by atoms with van der Waals surface area (Å²) in [5, 5.41) is 18.3. The first-order chi connectivity index (χ1) is 15.1. The largest absolute Gasteiger partial charge is 0.488 e. The summed E-state index contributed by atoms with van der Waals surface area (Å²) in [5.74, 6) is 2.05. The van der Waals surface area contributed by atoms with Crippen molar-refractivity contribution in [2.75, 3.05) is 11.5 Å². The van der Waals surface area contributed by atoms with Gasteiger partial charge in [-0.3, -0.25) is 0 Å². The van der Waals surface area contributed by atoms with Crippen molar-refractivity contribution in [1.29, 1.82) is 0 Å². The molecule has 0 amide bonds. The molecule has 0 aliphatic heterocycles. The predicted molar refractivity (Wildman–Crippen MR) is 135 cm³/mol. The number of hydrogen-bond donors (Lipinski definition) is 4. The van der Waals surface area contributed by atoms with Gasteiger partial charge in [0.15, 0.2) is 0 Å². The monoisotopic (exact) mass is 500 g/mol. The third-order valence-corrected chi connectivity index (χ3v) is 5.43. The lowest BCUT2D eigenvalue weighted by Gasteiger charge is -2.09. The molecule has 0 aliphatic rings. The van der Waals surface area contributed by atoms with E-state index in [0.29, 0.717) is 29.2 Å². The van der Waals surface area contributed by atoms with E-state index in [2.05, 4.69) is 64.2 Å². The average Bonchev–Trinajstić information content (AvgIpc) is 3.17. The number of nitrogens with two attached hydrogens (primary N) is 2. The predicted octanol–water partition coefficient (Wildman–Crippen LogP) is 2.99. The van der Waals surface area contributed by atoms with Crippen molar-refractivity contribution in [1.82, 2.24) is 19.1 Å². The molecule has 2 heterocycles. The summed E-state index contributed by atoms with van der Waals surface area (Å²) in [6, 6.07) is 11.1. The van der Waals surface area contributed by atoms with Crippen LogP contribution in [0.3, 0.4) is 0 Å². The van der Waals surface area contributed by atoms with E-state index in [0.717, 1.165) is 39.6 Å². The van der Waals surface area contributed by atoms with E-state index in [9.17, 15) is 0 Å². The summed E-state index contributed by atoms with van der Waals surface area (Å²) < 4.78 is 5.01. The van der Waals surface area contributed by atoms with Crippen molar-refractivity contribution in [3.05, 3.63) is 40.9 Å². The molecule has 0 saturated carbocycles. The first-order valence-electron chi connectivity index (χ1n) is 10.6. The van der Waals surface area contributed by atoms with Gasteiger partial charge in [-0.2, -0.15) is 0 Å². The summed E-state index contributed by atoms with van der Waals surface area (Å²) in [5.41, 5.74) is 15.8. The Morgan fingerprint density at radius 3 is 1.78 bits per heavy atom. The van der Waals surface area contributed by atoms with Crippen molar-refractivity contribution in [3.63, 3.8) is 0 Å². The minimum Gasteiger partial charge on any atom is -0.423 e. The van der Waals surface area contributed by atoms with Crippen molar-refractivity contribution in [3.8, 4) is 0 Å². The van der Waals surface area contributed by atoms with E-state index in [4.69, 9.17) is 21.5 Å². The molecule has 0 atom stereocenters. The van der Waals surface area contributed by atoms with E-state index in [1.807, 2.05) is 16.7 Å². The van der Waals surface area contributed by atoms with E-state index < -0.39 is 7.12 Å². The maximum absolute atomic E-state index is 9.16. The Balaban J connectivity index is 0.000000182. The molecule has 32 heavy (non-hydrogen) atoms. The van der Waals surface area contributed by atoms with E-state index in [1.165, 1.54) is 0 Å². The second kappa shape index (κ2) is 9.93. The van der Waals surface area contributed by atoms with Gasteiger partial charge in [0, 0.05) is 17.6 Å². The highest BCUT2D eigenvalue weighted by Gasteiger charge is 2.15. The number of anilines is 2. The normalized spacial score (nSPS) is 11.4. The molecule has 170 valence electrons. The third-order valence-electron chi connectivity index (χ3n) is 4.94. The molecule has 0 aliphatic carbocycles.